The standard InChI is InChI=1S/C12H18BrFN2OS.C10H12BrFN2O.C4H6O3/c1-12(2,3)18(17)16-11(7-15)8-4-9(13)6-10(14)5-8;1-6(15)14-5-10(13)7-2-8(11)4-9(12)3-7;1-3(5)7-4(2)6/h4-6,11,16H,7,15H2,1-3H3;2-4,10H,5,13H2,1H3,(H,14,15);1-2H3/t11-,18+;10-;/m11./s1. The molecular formula is C26H36Br2F2N4O5S. The zero-order chi connectivity index (χ0) is 31.2. The Balaban J connectivity index is 0.000000624. The highest BCUT2D eigenvalue weighted by Crippen LogP contribution is 2.22. The van der Waals surface area contributed by atoms with Crippen LogP contribution in [0.5, 0.6) is 0 Å². The van der Waals surface area contributed by atoms with Crippen LogP contribution in [0.2, 0.25) is 0 Å². The quantitative estimate of drug-likeness (QED) is 0.244. The van der Waals surface area contributed by atoms with E-state index < -0.39 is 33.7 Å². The summed E-state index contributed by atoms with van der Waals surface area (Å²) in [4.78, 5) is 30.3. The van der Waals surface area contributed by atoms with Crippen LogP contribution >= 0.6 is 31.9 Å². The molecule has 1 amide bonds. The molecule has 0 bridgehead atoms. The second-order valence-corrected chi connectivity index (χ2v) is 13.2. The van der Waals surface area contributed by atoms with E-state index in [9.17, 15) is 27.4 Å². The number of carbonyl (C=O) groups is 3. The van der Waals surface area contributed by atoms with Gasteiger partial charge in [-0.25, -0.2) is 17.7 Å². The Labute approximate surface area is 253 Å². The molecule has 0 spiro atoms. The molecule has 0 aliphatic rings. The Kier molecular flexibility index (Phi) is 17.4. The monoisotopic (exact) mass is 712 g/mol. The van der Waals surface area contributed by atoms with Gasteiger partial charge in [0.25, 0.3) is 0 Å². The SMILES string of the molecule is CC(=O)NC[C@@H](N)c1cc(F)cc(Br)c1.CC(=O)OC(C)=O.CC(C)(C)[S@](=O)N[C@H](CN)c1cc(F)cc(Br)c1. The molecule has 3 atom stereocenters. The van der Waals surface area contributed by atoms with Gasteiger partial charge in [0.05, 0.1) is 21.8 Å². The molecular weight excluding hydrogens is 678 g/mol. The van der Waals surface area contributed by atoms with Crippen molar-refractivity contribution in [3.8, 4) is 0 Å². The van der Waals surface area contributed by atoms with Crippen LogP contribution in [0.1, 0.15) is 64.8 Å². The van der Waals surface area contributed by atoms with Gasteiger partial charge in [0.1, 0.15) is 11.6 Å². The first-order chi connectivity index (χ1) is 18.3. The van der Waals surface area contributed by atoms with E-state index in [-0.39, 0.29) is 30.1 Å². The summed E-state index contributed by atoms with van der Waals surface area (Å²) in [6.07, 6.45) is 0. The number of nitrogens with one attached hydrogen (secondary N) is 2. The molecule has 2 rings (SSSR count). The number of hydrogen-bond donors (Lipinski definition) is 4. The molecule has 0 heterocycles. The molecule has 9 nitrogen and oxygen atoms in total. The van der Waals surface area contributed by atoms with Gasteiger partial charge in [-0.2, -0.15) is 0 Å². The first-order valence-electron chi connectivity index (χ1n) is 11.8. The average molecular weight is 714 g/mol. The van der Waals surface area contributed by atoms with Gasteiger partial charge < -0.3 is 21.5 Å². The Bertz CT molecular complexity index is 1130. The number of ether oxygens (including phenoxy) is 1. The fraction of sp³-hybridized carbons (Fsp3) is 0.423. The molecule has 224 valence electrons. The number of nitrogens with two attached hydrogens (primary N) is 2. The lowest BCUT2D eigenvalue weighted by Gasteiger charge is -2.23. The second kappa shape index (κ2) is 18.4. The molecule has 14 heteroatoms. The zero-order valence-corrected chi connectivity index (χ0v) is 27.1. The van der Waals surface area contributed by atoms with Crippen molar-refractivity contribution in [2.45, 2.75) is 58.4 Å². The molecule has 0 saturated carbocycles. The number of carbonyl (C=O) groups excluding carboxylic acids is 3. The van der Waals surface area contributed by atoms with Crippen molar-refractivity contribution in [1.29, 1.82) is 0 Å². The highest BCUT2D eigenvalue weighted by atomic mass is 79.9. The van der Waals surface area contributed by atoms with Crippen molar-refractivity contribution < 1.29 is 32.1 Å². The lowest BCUT2D eigenvalue weighted by Crippen LogP contribution is -2.38. The topological polar surface area (TPSA) is 154 Å². The van der Waals surface area contributed by atoms with Crippen molar-refractivity contribution >= 4 is 60.7 Å². The minimum absolute atomic E-state index is 0.152. The number of amides is 1. The summed E-state index contributed by atoms with van der Waals surface area (Å²) in [6.45, 7) is 9.92. The van der Waals surface area contributed by atoms with Gasteiger partial charge in [-0.1, -0.05) is 31.9 Å². The number of halogens is 4. The highest BCUT2D eigenvalue weighted by molar-refractivity contribution is 9.10. The zero-order valence-electron chi connectivity index (χ0n) is 23.1. The van der Waals surface area contributed by atoms with Crippen LogP contribution in [0.4, 0.5) is 8.78 Å². The van der Waals surface area contributed by atoms with E-state index in [1.165, 1.54) is 45.0 Å². The maximum Gasteiger partial charge on any atom is 0.310 e. The molecule has 2 aromatic rings. The summed E-state index contributed by atoms with van der Waals surface area (Å²) in [5.41, 5.74) is 12.8. The third-order valence-corrected chi connectivity index (χ3v) is 7.03. The number of benzene rings is 2. The predicted molar refractivity (Wildman–Crippen MR) is 159 cm³/mol. The molecule has 0 saturated heterocycles. The van der Waals surface area contributed by atoms with E-state index in [1.807, 2.05) is 20.8 Å². The highest BCUT2D eigenvalue weighted by Gasteiger charge is 2.23. The molecule has 0 unspecified atom stereocenters. The molecule has 0 fully saturated rings. The largest absolute Gasteiger partial charge is 0.394 e. The fourth-order valence-corrected chi connectivity index (χ4v) is 4.51. The number of hydrogen-bond acceptors (Lipinski definition) is 7. The maximum atomic E-state index is 13.3. The van der Waals surface area contributed by atoms with Crippen molar-refractivity contribution in [3.05, 3.63) is 68.1 Å². The Hall–Kier alpha value is -2.10. The van der Waals surface area contributed by atoms with Gasteiger partial charge in [0.15, 0.2) is 0 Å². The Morgan fingerprint density at radius 1 is 0.925 bits per heavy atom. The molecule has 0 aliphatic carbocycles. The van der Waals surface area contributed by atoms with E-state index in [1.54, 1.807) is 12.1 Å². The van der Waals surface area contributed by atoms with E-state index in [0.29, 0.717) is 26.6 Å². The summed E-state index contributed by atoms with van der Waals surface area (Å²) < 4.78 is 46.1. The lowest BCUT2D eigenvalue weighted by molar-refractivity contribution is -0.156. The van der Waals surface area contributed by atoms with E-state index in [4.69, 9.17) is 11.5 Å². The molecule has 0 aromatic heterocycles. The fourth-order valence-electron chi connectivity index (χ4n) is 2.70. The summed E-state index contributed by atoms with van der Waals surface area (Å²) in [7, 11) is -1.25. The van der Waals surface area contributed by atoms with Gasteiger partial charge >= 0.3 is 11.9 Å². The maximum absolute atomic E-state index is 13.3. The van der Waals surface area contributed by atoms with Crippen LogP contribution in [0, 0.1) is 11.6 Å². The van der Waals surface area contributed by atoms with Crippen LogP contribution in [-0.4, -0.2) is 39.9 Å². The van der Waals surface area contributed by atoms with Crippen molar-refractivity contribution in [3.63, 3.8) is 0 Å². The molecule has 0 aliphatic heterocycles. The first-order valence-corrected chi connectivity index (χ1v) is 14.6. The first kappa shape index (κ1) is 37.9. The van der Waals surface area contributed by atoms with Gasteiger partial charge in [-0.15, -0.1) is 0 Å². The Morgan fingerprint density at radius 3 is 1.73 bits per heavy atom. The van der Waals surface area contributed by atoms with Crippen LogP contribution in [0.3, 0.4) is 0 Å². The molecule has 2 aromatic carbocycles. The normalized spacial score (nSPS) is 12.9. The van der Waals surface area contributed by atoms with Crippen molar-refractivity contribution in [1.82, 2.24) is 10.0 Å². The van der Waals surface area contributed by atoms with Gasteiger partial charge in [0, 0.05) is 48.8 Å². The van der Waals surface area contributed by atoms with Gasteiger partial charge in [-0.05, 0) is 68.3 Å². The summed E-state index contributed by atoms with van der Waals surface area (Å²) >= 11 is 6.41. The Morgan fingerprint density at radius 2 is 1.38 bits per heavy atom. The molecule has 40 heavy (non-hydrogen) atoms. The van der Waals surface area contributed by atoms with Crippen molar-refractivity contribution in [2.24, 2.45) is 11.5 Å². The minimum Gasteiger partial charge on any atom is -0.394 e. The predicted octanol–water partition coefficient (Wildman–Crippen LogP) is 4.46. The summed E-state index contributed by atoms with van der Waals surface area (Å²) in [6, 6.07) is 8.25. The van der Waals surface area contributed by atoms with Crippen molar-refractivity contribution in [2.75, 3.05) is 13.1 Å². The van der Waals surface area contributed by atoms with Crippen LogP contribution in [0.15, 0.2) is 45.3 Å². The van der Waals surface area contributed by atoms with E-state index >= 15 is 0 Å². The minimum atomic E-state index is -1.25. The lowest BCUT2D eigenvalue weighted by atomic mass is 10.1. The summed E-state index contributed by atoms with van der Waals surface area (Å²) in [5.74, 6) is -1.97. The third-order valence-electron chi connectivity index (χ3n) is 4.50. The van der Waals surface area contributed by atoms with Gasteiger partial charge in [-0.3, -0.25) is 14.4 Å². The molecule has 6 N–H and O–H groups in total. The van der Waals surface area contributed by atoms with Crippen LogP contribution in [-0.2, 0) is 30.1 Å². The summed E-state index contributed by atoms with van der Waals surface area (Å²) in [5, 5.41) is 2.58. The van der Waals surface area contributed by atoms with Crippen LogP contribution in [0.25, 0.3) is 0 Å². The number of esters is 2. The number of rotatable bonds is 7. The van der Waals surface area contributed by atoms with E-state index in [2.05, 4.69) is 46.6 Å². The van der Waals surface area contributed by atoms with Crippen LogP contribution < -0.4 is 21.5 Å². The average Bonchev–Trinajstić information content (AvgIpc) is 2.78. The van der Waals surface area contributed by atoms with E-state index in [0.717, 1.165) is 0 Å². The smallest absolute Gasteiger partial charge is 0.310 e. The van der Waals surface area contributed by atoms with Gasteiger partial charge in [0.2, 0.25) is 5.91 Å². The third kappa shape index (κ3) is 16.9. The second-order valence-electron chi connectivity index (χ2n) is 9.32. The molecule has 0 radical (unpaired) electrons.